The van der Waals surface area contributed by atoms with Crippen LogP contribution in [0, 0.1) is 13.8 Å². The van der Waals surface area contributed by atoms with Crippen LogP contribution in [0.25, 0.3) is 0 Å². The Kier molecular flexibility index (Phi) is 20.8. The molecule has 2 aliphatic heterocycles. The molecule has 4 atom stereocenters. The molecule has 0 aromatic heterocycles. The number of hydrogen-bond acceptors (Lipinski definition) is 4. The van der Waals surface area contributed by atoms with Gasteiger partial charge < -0.3 is 20.4 Å². The summed E-state index contributed by atoms with van der Waals surface area (Å²) in [6, 6.07) is 52.1. The van der Waals surface area contributed by atoms with Gasteiger partial charge in [-0.3, -0.25) is 0 Å². The fourth-order valence-electron chi connectivity index (χ4n) is 17.9. The van der Waals surface area contributed by atoms with E-state index in [0.717, 1.165) is 60.8 Å². The van der Waals surface area contributed by atoms with Crippen molar-refractivity contribution in [2.24, 2.45) is 0 Å². The van der Waals surface area contributed by atoms with Crippen LogP contribution in [0.1, 0.15) is 257 Å². The molecule has 10 heteroatoms. The maximum atomic E-state index is 7.20. The van der Waals surface area contributed by atoms with Gasteiger partial charge in [-0.15, -0.1) is 0 Å². The molecule has 0 spiro atoms. The standard InChI is InChI=1S/C45H54Cl2N2.C24H29Cl2N.C15H23N.C6H4BrCl/c1-29-22-36-37(43(7,8)21-20-42(36,5)6)28-40(29)48(33-15-13-14-31(46)24-33)34-25-32(47)26-35(27-34)49-39-17-16-30(41(2,3)4)23-38(39)44(9)18-11-12-19-45(44,49)10;1-22(2,3)16-8-9-21-20(12-16)23(4)10-6-7-11-24(23,5)27(21)19-14-17(25)13-18(26)15-19;1-10-8-11-12(9-13(10)16)15(4,5)7-6-14(11,2)3;7-5-2-1-3-6(8)4-5/h13-17,22-28H,11-12,18-21H2,1-10H3;8-9,12-15H,6-7,10-11H2,1-5H3;8-9H,6-7,16H2,1-5H3;1-4H. The maximum absolute atomic E-state index is 7.20. The van der Waals surface area contributed by atoms with E-state index in [9.17, 15) is 0 Å². The summed E-state index contributed by atoms with van der Waals surface area (Å²) in [5, 5.41) is 3.60. The Hall–Kier alpha value is -5.11. The molecule has 4 nitrogen and oxygen atoms in total. The minimum Gasteiger partial charge on any atom is -0.399 e. The number of rotatable bonds is 5. The lowest BCUT2D eigenvalue weighted by Crippen LogP contribution is -2.54. The molecule has 4 unspecified atom stereocenters. The van der Waals surface area contributed by atoms with Crippen molar-refractivity contribution in [2.45, 2.75) is 270 Å². The molecule has 0 radical (unpaired) electrons. The lowest BCUT2D eigenvalue weighted by Gasteiger charge is -2.50. The van der Waals surface area contributed by atoms with E-state index in [1.165, 1.54) is 137 Å². The van der Waals surface area contributed by atoms with Gasteiger partial charge in [-0.25, -0.2) is 0 Å². The Balaban J connectivity index is 0.000000163. The van der Waals surface area contributed by atoms with Crippen LogP contribution in [0.2, 0.25) is 25.1 Å². The lowest BCUT2D eigenvalue weighted by molar-refractivity contribution is 0.195. The average Bonchev–Trinajstić information content (AvgIpc) is 1.55. The Labute approximate surface area is 635 Å². The quantitative estimate of drug-likeness (QED) is 0.174. The highest BCUT2D eigenvalue weighted by Crippen LogP contribution is 2.64. The molecule has 2 heterocycles. The normalized spacial score (nSPS) is 23.3. The molecule has 100 heavy (non-hydrogen) atoms. The van der Waals surface area contributed by atoms with Crippen molar-refractivity contribution in [1.29, 1.82) is 0 Å². The molecule has 2 saturated carbocycles. The van der Waals surface area contributed by atoms with Crippen LogP contribution in [0.15, 0.2) is 150 Å². The average molecular weight is 1510 g/mol. The zero-order valence-corrected chi connectivity index (χ0v) is 68.9. The van der Waals surface area contributed by atoms with Crippen molar-refractivity contribution in [3.05, 3.63) is 231 Å². The van der Waals surface area contributed by atoms with Crippen molar-refractivity contribution in [1.82, 2.24) is 0 Å². The van der Waals surface area contributed by atoms with Crippen LogP contribution < -0.4 is 20.4 Å². The number of benzene rings is 8. The molecule has 6 aliphatic rings. The molecule has 8 aromatic rings. The zero-order chi connectivity index (χ0) is 73.0. The number of nitrogen functional groups attached to an aromatic ring is 1. The molecule has 2 fully saturated rings. The minimum atomic E-state index is -0.0791. The molecular weight excluding hydrogens is 1390 g/mol. The van der Waals surface area contributed by atoms with Crippen molar-refractivity contribution in [3.8, 4) is 0 Å². The van der Waals surface area contributed by atoms with Crippen molar-refractivity contribution in [2.75, 3.05) is 20.4 Å². The second kappa shape index (κ2) is 27.4. The molecule has 2 N–H and O–H groups in total. The van der Waals surface area contributed by atoms with E-state index in [1.54, 1.807) is 0 Å². The first kappa shape index (κ1) is 76.0. The van der Waals surface area contributed by atoms with Gasteiger partial charge in [0.25, 0.3) is 0 Å². The first-order valence-corrected chi connectivity index (χ1v) is 39.3. The van der Waals surface area contributed by atoms with Gasteiger partial charge in [-0.2, -0.15) is 0 Å². The molecule has 14 rings (SSSR count). The van der Waals surface area contributed by atoms with E-state index in [1.807, 2.05) is 36.4 Å². The summed E-state index contributed by atoms with van der Waals surface area (Å²) in [7, 11) is 0. The van der Waals surface area contributed by atoms with Crippen LogP contribution in [0.4, 0.5) is 45.5 Å². The fourth-order valence-corrected chi connectivity index (χ4v) is 19.5. The Morgan fingerprint density at radius 1 is 0.380 bits per heavy atom. The third kappa shape index (κ3) is 14.2. The van der Waals surface area contributed by atoms with Gasteiger partial charge in [0, 0.05) is 85.9 Å². The Morgan fingerprint density at radius 3 is 1.20 bits per heavy atom. The van der Waals surface area contributed by atoms with Gasteiger partial charge in [0.05, 0.1) is 11.1 Å². The van der Waals surface area contributed by atoms with Crippen molar-refractivity contribution >= 4 is 119 Å². The number of aryl methyl sites for hydroxylation is 2. The van der Waals surface area contributed by atoms with E-state index in [-0.39, 0.29) is 49.0 Å². The summed E-state index contributed by atoms with van der Waals surface area (Å²) in [6.07, 6.45) is 14.6. The number of anilines is 8. The third-order valence-corrected chi connectivity index (χ3v) is 26.6. The number of hydrogen-bond donors (Lipinski definition) is 1. The van der Waals surface area contributed by atoms with Crippen LogP contribution in [-0.4, -0.2) is 11.1 Å². The predicted octanol–water partition coefficient (Wildman–Crippen LogP) is 29.2. The predicted molar refractivity (Wildman–Crippen MR) is 441 cm³/mol. The summed E-state index contributed by atoms with van der Waals surface area (Å²) in [4.78, 5) is 7.55. The van der Waals surface area contributed by atoms with Crippen molar-refractivity contribution in [3.63, 3.8) is 0 Å². The molecule has 0 saturated heterocycles. The third-order valence-electron chi connectivity index (χ3n) is 24.9. The Bertz CT molecular complexity index is 4340. The highest BCUT2D eigenvalue weighted by Gasteiger charge is 2.59. The number of fused-ring (bicyclic) bond motifs is 8. The van der Waals surface area contributed by atoms with Crippen LogP contribution in [-0.2, 0) is 43.3 Å². The van der Waals surface area contributed by atoms with Gasteiger partial charge in [-0.1, -0.05) is 259 Å². The minimum absolute atomic E-state index is 0.0259. The number of halogens is 6. The smallest absolute Gasteiger partial charge is 0.0517 e. The maximum Gasteiger partial charge on any atom is 0.0517 e. The number of nitrogens with zero attached hydrogens (tertiary/aromatic N) is 3. The molecule has 0 bridgehead atoms. The summed E-state index contributed by atoms with van der Waals surface area (Å²) in [5.74, 6) is 0. The van der Waals surface area contributed by atoms with Crippen LogP contribution >= 0.6 is 73.9 Å². The van der Waals surface area contributed by atoms with Gasteiger partial charge >= 0.3 is 0 Å². The first-order chi connectivity index (χ1) is 46.4. The SMILES string of the molecule is CC(C)(C)c1ccc2c(c1)C1(C)CCCCC1(C)N2c1cc(Cl)cc(Cl)c1.Cc1cc2c(cc1N(c1cccc(Cl)c1)c1cc(Cl)cc(N3c4ccc(C(C)(C)C)cc4C4(C)CCCCC34C)c1)C(C)(C)CCC2(C)C.Cc1cc2c(cc1N)C(C)(C)CCC2(C)C.Clc1cccc(Br)c1. The van der Waals surface area contributed by atoms with Gasteiger partial charge in [0.15, 0.2) is 0 Å². The summed E-state index contributed by atoms with van der Waals surface area (Å²) in [6.45, 7) is 47.1. The van der Waals surface area contributed by atoms with E-state index < -0.39 is 0 Å². The summed E-state index contributed by atoms with van der Waals surface area (Å²) < 4.78 is 1.02. The second-order valence-corrected chi connectivity index (χ2v) is 38.9. The largest absolute Gasteiger partial charge is 0.399 e. The van der Waals surface area contributed by atoms with Gasteiger partial charge in [0.1, 0.15) is 0 Å². The van der Waals surface area contributed by atoms with Crippen LogP contribution in [0.5, 0.6) is 0 Å². The van der Waals surface area contributed by atoms with Gasteiger partial charge in [0.2, 0.25) is 0 Å². The molecule has 532 valence electrons. The first-order valence-electron chi connectivity index (χ1n) is 36.7. The Morgan fingerprint density at radius 2 is 0.770 bits per heavy atom. The highest BCUT2D eigenvalue weighted by molar-refractivity contribution is 9.10. The lowest BCUT2D eigenvalue weighted by atomic mass is 9.61. The van der Waals surface area contributed by atoms with E-state index in [4.69, 9.17) is 63.7 Å². The summed E-state index contributed by atoms with van der Waals surface area (Å²) in [5.41, 5.74) is 30.3. The highest BCUT2D eigenvalue weighted by atomic mass is 79.9. The molecule has 0 amide bonds. The molecular formula is C90H110BrCl5N4. The van der Waals surface area contributed by atoms with Crippen LogP contribution in [0.3, 0.4) is 0 Å². The fraction of sp³-hybridized carbons (Fsp3) is 0.467. The van der Waals surface area contributed by atoms with Crippen molar-refractivity contribution < 1.29 is 0 Å². The topological polar surface area (TPSA) is 35.7 Å². The molecule has 4 aliphatic carbocycles. The zero-order valence-electron chi connectivity index (χ0n) is 63.5. The van der Waals surface area contributed by atoms with E-state index >= 15 is 0 Å². The monoisotopic (exact) mass is 1500 g/mol. The second-order valence-electron chi connectivity index (χ2n) is 35.8. The van der Waals surface area contributed by atoms with E-state index in [2.05, 4.69) is 278 Å². The summed E-state index contributed by atoms with van der Waals surface area (Å²) >= 11 is 35.6. The molecule has 8 aromatic carbocycles. The number of nitrogens with two attached hydrogens (primary N) is 1. The van der Waals surface area contributed by atoms with Gasteiger partial charge in [-0.05, 0) is 264 Å². The van der Waals surface area contributed by atoms with E-state index in [0.29, 0.717) is 15.5 Å².